The van der Waals surface area contributed by atoms with Crippen molar-refractivity contribution in [2.24, 2.45) is 5.11 Å². The molecule has 2 rings (SSSR count). The molecule has 21 heavy (non-hydrogen) atoms. The molecule has 0 spiro atoms. The second-order valence-electron chi connectivity index (χ2n) is 4.23. The molecule has 0 radical (unpaired) electrons. The Morgan fingerprint density at radius 3 is 2.38 bits per heavy atom. The third kappa shape index (κ3) is 4.49. The van der Waals surface area contributed by atoms with Crippen molar-refractivity contribution in [3.8, 4) is 0 Å². The van der Waals surface area contributed by atoms with Crippen LogP contribution in [0.4, 0.5) is 5.69 Å². The van der Waals surface area contributed by atoms with Crippen LogP contribution in [0.25, 0.3) is 16.5 Å². The van der Waals surface area contributed by atoms with Gasteiger partial charge in [-0.15, -0.1) is 0 Å². The number of hydrogen-bond donors (Lipinski definition) is 0. The molecule has 0 atom stereocenters. The zero-order valence-electron chi connectivity index (χ0n) is 11.3. The molecule has 0 aliphatic heterocycles. The van der Waals surface area contributed by atoms with Crippen LogP contribution in [0.5, 0.6) is 0 Å². The van der Waals surface area contributed by atoms with Crippen LogP contribution in [0.15, 0.2) is 77.9 Å². The monoisotopic (exact) mass is 275 g/mol. The number of rotatable bonds is 5. The average Bonchev–Trinajstić information content (AvgIpc) is 2.54. The van der Waals surface area contributed by atoms with E-state index in [-0.39, 0.29) is 5.78 Å². The number of carbonyl (C=O) groups is 1. The van der Waals surface area contributed by atoms with E-state index in [9.17, 15) is 4.79 Å². The van der Waals surface area contributed by atoms with Crippen molar-refractivity contribution in [3.63, 3.8) is 0 Å². The highest BCUT2D eigenvalue weighted by Gasteiger charge is 1.97. The molecule has 0 aliphatic rings. The highest BCUT2D eigenvalue weighted by molar-refractivity contribution is 6.04. The molecule has 2 aromatic rings. The maximum atomic E-state index is 11.8. The van der Waals surface area contributed by atoms with Crippen molar-refractivity contribution in [2.75, 3.05) is 0 Å². The van der Waals surface area contributed by atoms with Crippen LogP contribution >= 0.6 is 0 Å². The second kappa shape index (κ2) is 7.48. The standard InChI is InChI=1S/C17H13N3O/c18-20-19-16-12-10-14(11-13-16)6-4-5-9-17(21)15-7-2-1-3-8-15/h1-13H. The van der Waals surface area contributed by atoms with Gasteiger partial charge >= 0.3 is 0 Å². The molecule has 0 N–H and O–H groups in total. The molecule has 4 heteroatoms. The Hall–Kier alpha value is -3.10. The molecular formula is C17H13N3O. The fourth-order valence-electron chi connectivity index (χ4n) is 1.71. The van der Waals surface area contributed by atoms with Gasteiger partial charge in [-0.3, -0.25) is 4.79 Å². The van der Waals surface area contributed by atoms with Crippen molar-refractivity contribution < 1.29 is 4.79 Å². The molecule has 0 unspecified atom stereocenters. The number of nitrogens with zero attached hydrogens (tertiary/aromatic N) is 3. The smallest absolute Gasteiger partial charge is 0.185 e. The van der Waals surface area contributed by atoms with Gasteiger partial charge in [-0.1, -0.05) is 77.9 Å². The third-order valence-electron chi connectivity index (χ3n) is 2.76. The third-order valence-corrected chi connectivity index (χ3v) is 2.76. The van der Waals surface area contributed by atoms with Crippen molar-refractivity contribution in [2.45, 2.75) is 0 Å². The molecule has 0 fully saturated rings. The van der Waals surface area contributed by atoms with E-state index in [4.69, 9.17) is 5.53 Å². The van der Waals surface area contributed by atoms with Crippen molar-refractivity contribution >= 4 is 17.5 Å². The van der Waals surface area contributed by atoms with E-state index < -0.39 is 0 Å². The SMILES string of the molecule is [N-]=[N+]=Nc1ccc(C=CC=CC(=O)c2ccccc2)cc1. The molecule has 0 bridgehead atoms. The summed E-state index contributed by atoms with van der Waals surface area (Å²) in [5.74, 6) is -0.0287. The quantitative estimate of drug-likeness (QED) is 0.187. The largest absolute Gasteiger partial charge is 0.289 e. The number of benzene rings is 2. The summed E-state index contributed by atoms with van der Waals surface area (Å²) in [6, 6.07) is 16.3. The van der Waals surface area contributed by atoms with Gasteiger partial charge in [0.05, 0.1) is 0 Å². The fraction of sp³-hybridized carbons (Fsp3) is 0. The van der Waals surface area contributed by atoms with Crippen LogP contribution in [0.3, 0.4) is 0 Å². The van der Waals surface area contributed by atoms with E-state index in [0.717, 1.165) is 5.56 Å². The molecular weight excluding hydrogens is 262 g/mol. The first-order valence-electron chi connectivity index (χ1n) is 6.39. The molecule has 4 nitrogen and oxygen atoms in total. The number of carbonyl (C=O) groups excluding carboxylic acids is 1. The molecule has 0 saturated carbocycles. The van der Waals surface area contributed by atoms with Gasteiger partial charge in [0, 0.05) is 16.2 Å². The number of ketones is 1. The summed E-state index contributed by atoms with van der Waals surface area (Å²) in [4.78, 5) is 14.5. The number of allylic oxidation sites excluding steroid dienone is 3. The number of hydrogen-bond acceptors (Lipinski definition) is 2. The van der Waals surface area contributed by atoms with Gasteiger partial charge in [-0.2, -0.15) is 0 Å². The fourth-order valence-corrected chi connectivity index (χ4v) is 1.71. The summed E-state index contributed by atoms with van der Waals surface area (Å²) < 4.78 is 0. The van der Waals surface area contributed by atoms with E-state index in [1.165, 1.54) is 6.08 Å². The summed E-state index contributed by atoms with van der Waals surface area (Å²) >= 11 is 0. The lowest BCUT2D eigenvalue weighted by Gasteiger charge is -1.94. The van der Waals surface area contributed by atoms with E-state index >= 15 is 0 Å². The molecule has 0 heterocycles. The van der Waals surface area contributed by atoms with E-state index in [1.807, 2.05) is 36.4 Å². The van der Waals surface area contributed by atoms with Gasteiger partial charge in [-0.05, 0) is 17.2 Å². The highest BCUT2D eigenvalue weighted by Crippen LogP contribution is 2.14. The lowest BCUT2D eigenvalue weighted by Crippen LogP contribution is -1.92. The number of azide groups is 1. The van der Waals surface area contributed by atoms with Crippen LogP contribution < -0.4 is 0 Å². The first kappa shape index (κ1) is 14.3. The molecule has 0 saturated heterocycles. The first-order valence-corrected chi connectivity index (χ1v) is 6.39. The Balaban J connectivity index is 1.97. The summed E-state index contributed by atoms with van der Waals surface area (Å²) in [5.41, 5.74) is 10.5. The summed E-state index contributed by atoms with van der Waals surface area (Å²) in [6.07, 6.45) is 6.90. The van der Waals surface area contributed by atoms with Gasteiger partial charge < -0.3 is 0 Å². The maximum Gasteiger partial charge on any atom is 0.185 e. The van der Waals surface area contributed by atoms with Crippen LogP contribution in [0.2, 0.25) is 0 Å². The Morgan fingerprint density at radius 2 is 1.71 bits per heavy atom. The Kier molecular flexibility index (Phi) is 5.10. The Bertz CT molecular complexity index is 709. The molecule has 0 aromatic heterocycles. The van der Waals surface area contributed by atoms with E-state index in [1.54, 1.807) is 36.4 Å². The summed E-state index contributed by atoms with van der Waals surface area (Å²) in [5, 5.41) is 3.50. The molecule has 2 aromatic carbocycles. The average molecular weight is 275 g/mol. The lowest BCUT2D eigenvalue weighted by molar-refractivity contribution is 0.104. The van der Waals surface area contributed by atoms with Gasteiger partial charge in [0.2, 0.25) is 0 Å². The van der Waals surface area contributed by atoms with Crippen molar-refractivity contribution in [1.82, 2.24) is 0 Å². The predicted octanol–water partition coefficient (Wildman–Crippen LogP) is 5.08. The molecule has 0 aliphatic carbocycles. The minimum Gasteiger partial charge on any atom is -0.289 e. The second-order valence-corrected chi connectivity index (χ2v) is 4.23. The van der Waals surface area contributed by atoms with Gasteiger partial charge in [0.15, 0.2) is 5.78 Å². The maximum absolute atomic E-state index is 11.8. The normalized spacial score (nSPS) is 10.7. The van der Waals surface area contributed by atoms with Gasteiger partial charge in [0.1, 0.15) is 0 Å². The summed E-state index contributed by atoms with van der Waals surface area (Å²) in [6.45, 7) is 0. The van der Waals surface area contributed by atoms with Crippen LogP contribution in [0, 0.1) is 0 Å². The van der Waals surface area contributed by atoms with E-state index in [2.05, 4.69) is 10.0 Å². The minimum atomic E-state index is -0.0287. The summed E-state index contributed by atoms with van der Waals surface area (Å²) in [7, 11) is 0. The highest BCUT2D eigenvalue weighted by atomic mass is 16.1. The van der Waals surface area contributed by atoms with Crippen LogP contribution in [-0.4, -0.2) is 5.78 Å². The van der Waals surface area contributed by atoms with Crippen LogP contribution in [0.1, 0.15) is 15.9 Å². The zero-order chi connectivity index (χ0) is 14.9. The lowest BCUT2D eigenvalue weighted by atomic mass is 10.1. The molecule has 0 amide bonds. The predicted molar refractivity (Wildman–Crippen MR) is 84.2 cm³/mol. The van der Waals surface area contributed by atoms with Gasteiger partial charge in [-0.25, -0.2) is 0 Å². The Morgan fingerprint density at radius 1 is 1.00 bits per heavy atom. The molecule has 102 valence electrons. The van der Waals surface area contributed by atoms with Crippen LogP contribution in [-0.2, 0) is 0 Å². The first-order chi connectivity index (χ1) is 10.3. The topological polar surface area (TPSA) is 65.8 Å². The van der Waals surface area contributed by atoms with E-state index in [0.29, 0.717) is 11.3 Å². The van der Waals surface area contributed by atoms with Crippen molar-refractivity contribution in [3.05, 3.63) is 94.4 Å². The zero-order valence-corrected chi connectivity index (χ0v) is 11.3. The van der Waals surface area contributed by atoms with Gasteiger partial charge in [0.25, 0.3) is 0 Å². The minimum absolute atomic E-state index is 0.0287. The van der Waals surface area contributed by atoms with Crippen molar-refractivity contribution in [1.29, 1.82) is 0 Å². The Labute approximate surface area is 122 Å².